The summed E-state index contributed by atoms with van der Waals surface area (Å²) < 4.78 is 84.0. The SMILES string of the molecule is CN(C(=O)NS(=O)(=O)c1ccccc1C(=O)O)c1nc(OC(F)F)cc(OC(F)F)n1. The zero-order chi connectivity index (χ0) is 23.3. The van der Waals surface area contributed by atoms with E-state index in [2.05, 4.69) is 19.4 Å². The van der Waals surface area contributed by atoms with Crippen LogP contribution in [0.5, 0.6) is 11.8 Å². The molecule has 0 atom stereocenters. The predicted molar refractivity (Wildman–Crippen MR) is 92.8 cm³/mol. The molecule has 0 unspecified atom stereocenters. The molecular formula is C15H12F4N4O7S. The summed E-state index contributed by atoms with van der Waals surface area (Å²) in [6.45, 7) is -6.82. The first-order valence-corrected chi connectivity index (χ1v) is 9.30. The number of halogens is 4. The normalized spacial score (nSPS) is 11.3. The van der Waals surface area contributed by atoms with Gasteiger partial charge in [-0.25, -0.2) is 22.7 Å². The minimum atomic E-state index is -4.73. The van der Waals surface area contributed by atoms with Crippen LogP contribution in [0.1, 0.15) is 10.4 Å². The molecule has 0 spiro atoms. The summed E-state index contributed by atoms with van der Waals surface area (Å²) >= 11 is 0. The number of ether oxygens (including phenoxy) is 2. The predicted octanol–water partition coefficient (Wildman–Crippen LogP) is 1.91. The molecule has 1 aromatic heterocycles. The minimum Gasteiger partial charge on any atom is -0.478 e. The lowest BCUT2D eigenvalue weighted by Gasteiger charge is -2.18. The van der Waals surface area contributed by atoms with E-state index in [1.165, 1.54) is 16.9 Å². The number of aromatic nitrogens is 2. The number of urea groups is 1. The summed E-state index contributed by atoms with van der Waals surface area (Å²) in [6, 6.07) is 3.38. The number of rotatable bonds is 8. The molecule has 11 nitrogen and oxygen atoms in total. The van der Waals surface area contributed by atoms with Crippen LogP contribution in [0.4, 0.5) is 28.3 Å². The summed E-state index contributed by atoms with van der Waals surface area (Å²) in [5.41, 5.74) is -0.637. The third-order valence-electron chi connectivity index (χ3n) is 3.32. The summed E-state index contributed by atoms with van der Waals surface area (Å²) in [6.07, 6.45) is 0. The third-order valence-corrected chi connectivity index (χ3v) is 4.70. The van der Waals surface area contributed by atoms with Crippen molar-refractivity contribution in [1.29, 1.82) is 0 Å². The molecule has 16 heteroatoms. The van der Waals surface area contributed by atoms with E-state index in [0.29, 0.717) is 11.0 Å². The quantitative estimate of drug-likeness (QED) is 0.554. The van der Waals surface area contributed by atoms with Crippen molar-refractivity contribution in [3.8, 4) is 11.8 Å². The van der Waals surface area contributed by atoms with Gasteiger partial charge in [-0.15, -0.1) is 0 Å². The van der Waals surface area contributed by atoms with Crippen LogP contribution in [-0.4, -0.2) is 55.8 Å². The molecule has 31 heavy (non-hydrogen) atoms. The number of hydrogen-bond donors (Lipinski definition) is 2. The Morgan fingerprint density at radius 2 is 1.58 bits per heavy atom. The van der Waals surface area contributed by atoms with Crippen LogP contribution < -0.4 is 19.1 Å². The number of amides is 2. The lowest BCUT2D eigenvalue weighted by molar-refractivity contribution is -0.0580. The molecule has 0 saturated heterocycles. The number of sulfonamides is 1. The molecule has 2 aromatic rings. The van der Waals surface area contributed by atoms with Crippen molar-refractivity contribution in [3.05, 3.63) is 35.9 Å². The third kappa shape index (κ3) is 6.14. The molecule has 1 aromatic carbocycles. The minimum absolute atomic E-state index is 0.359. The Labute approximate surface area is 171 Å². The summed E-state index contributed by atoms with van der Waals surface area (Å²) in [4.78, 5) is 29.9. The average Bonchev–Trinajstić information content (AvgIpc) is 2.65. The van der Waals surface area contributed by atoms with Crippen molar-refractivity contribution in [1.82, 2.24) is 14.7 Å². The topological polar surface area (TPSA) is 148 Å². The van der Waals surface area contributed by atoms with Crippen molar-refractivity contribution >= 4 is 28.0 Å². The van der Waals surface area contributed by atoms with E-state index < -0.39 is 63.4 Å². The van der Waals surface area contributed by atoms with Crippen LogP contribution in [0.25, 0.3) is 0 Å². The zero-order valence-electron chi connectivity index (χ0n) is 15.2. The molecule has 0 bridgehead atoms. The Morgan fingerprint density at radius 1 is 1.06 bits per heavy atom. The second-order valence-corrected chi connectivity index (χ2v) is 7.02. The van der Waals surface area contributed by atoms with Crippen LogP contribution in [0.3, 0.4) is 0 Å². The number of hydrogen-bond acceptors (Lipinski definition) is 8. The molecule has 0 saturated carbocycles. The van der Waals surface area contributed by atoms with E-state index >= 15 is 0 Å². The van der Waals surface area contributed by atoms with E-state index in [1.807, 2.05) is 0 Å². The highest BCUT2D eigenvalue weighted by Gasteiger charge is 2.27. The Hall–Kier alpha value is -3.69. The maximum atomic E-state index is 12.4. The molecular weight excluding hydrogens is 456 g/mol. The molecule has 2 N–H and O–H groups in total. The summed E-state index contributed by atoms with van der Waals surface area (Å²) in [5, 5.41) is 9.10. The number of nitrogens with one attached hydrogen (secondary N) is 1. The second kappa shape index (κ2) is 9.41. The number of anilines is 1. The maximum absolute atomic E-state index is 12.4. The van der Waals surface area contributed by atoms with Gasteiger partial charge in [-0.05, 0) is 12.1 Å². The van der Waals surface area contributed by atoms with Gasteiger partial charge in [0.15, 0.2) is 0 Å². The first-order chi connectivity index (χ1) is 14.4. The van der Waals surface area contributed by atoms with Crippen LogP contribution in [0.2, 0.25) is 0 Å². The van der Waals surface area contributed by atoms with E-state index in [1.54, 1.807) is 0 Å². The monoisotopic (exact) mass is 468 g/mol. The van der Waals surface area contributed by atoms with E-state index in [4.69, 9.17) is 5.11 Å². The number of benzene rings is 1. The molecule has 168 valence electrons. The number of carboxylic acids is 1. The molecule has 2 rings (SSSR count). The van der Waals surface area contributed by atoms with E-state index in [-0.39, 0.29) is 0 Å². The molecule has 0 radical (unpaired) electrons. The fraction of sp³-hybridized carbons (Fsp3) is 0.200. The zero-order valence-corrected chi connectivity index (χ0v) is 16.0. The van der Waals surface area contributed by atoms with Crippen molar-refractivity contribution in [2.45, 2.75) is 18.1 Å². The highest BCUT2D eigenvalue weighted by molar-refractivity contribution is 7.90. The highest BCUT2D eigenvalue weighted by atomic mass is 32.2. The lowest BCUT2D eigenvalue weighted by atomic mass is 10.2. The molecule has 0 aliphatic rings. The summed E-state index contributed by atoms with van der Waals surface area (Å²) in [5.74, 6) is -4.33. The fourth-order valence-corrected chi connectivity index (χ4v) is 3.23. The second-order valence-electron chi connectivity index (χ2n) is 5.37. The van der Waals surface area contributed by atoms with Gasteiger partial charge in [0.25, 0.3) is 10.0 Å². The molecule has 0 aliphatic carbocycles. The van der Waals surface area contributed by atoms with Gasteiger partial charge >= 0.3 is 25.2 Å². The average molecular weight is 468 g/mol. The highest BCUT2D eigenvalue weighted by Crippen LogP contribution is 2.23. The Kier molecular flexibility index (Phi) is 7.16. The van der Waals surface area contributed by atoms with Gasteiger partial charge in [-0.1, -0.05) is 12.1 Å². The van der Waals surface area contributed by atoms with Gasteiger partial charge in [0.1, 0.15) is 4.90 Å². The number of nitrogens with zero attached hydrogens (tertiary/aromatic N) is 3. The van der Waals surface area contributed by atoms with Crippen LogP contribution in [0, 0.1) is 0 Å². The first kappa shape index (κ1) is 23.6. The number of carbonyl (C=O) groups excluding carboxylic acids is 1. The Morgan fingerprint density at radius 3 is 2.06 bits per heavy atom. The first-order valence-electron chi connectivity index (χ1n) is 7.82. The van der Waals surface area contributed by atoms with Gasteiger partial charge in [0, 0.05) is 7.05 Å². The molecule has 1 heterocycles. The lowest BCUT2D eigenvalue weighted by Crippen LogP contribution is -2.42. The number of alkyl halides is 4. The van der Waals surface area contributed by atoms with Crippen molar-refractivity contribution < 1.29 is 50.1 Å². The largest absolute Gasteiger partial charge is 0.478 e. The Bertz CT molecular complexity index is 1060. The van der Waals surface area contributed by atoms with Crippen LogP contribution >= 0.6 is 0 Å². The van der Waals surface area contributed by atoms with E-state index in [9.17, 15) is 35.6 Å². The number of carboxylic acid groups (broad SMARTS) is 1. The van der Waals surface area contributed by atoms with Gasteiger partial charge in [-0.2, -0.15) is 27.5 Å². The summed E-state index contributed by atoms with van der Waals surface area (Å²) in [7, 11) is -3.85. The van der Waals surface area contributed by atoms with E-state index in [0.717, 1.165) is 19.2 Å². The van der Waals surface area contributed by atoms with Gasteiger partial charge < -0.3 is 14.6 Å². The van der Waals surface area contributed by atoms with Gasteiger partial charge in [0.2, 0.25) is 17.7 Å². The molecule has 0 fully saturated rings. The Balaban J connectivity index is 2.35. The van der Waals surface area contributed by atoms with Crippen molar-refractivity contribution in [2.24, 2.45) is 0 Å². The van der Waals surface area contributed by atoms with Crippen molar-refractivity contribution in [2.75, 3.05) is 11.9 Å². The fourth-order valence-electron chi connectivity index (χ4n) is 2.05. The van der Waals surface area contributed by atoms with Crippen LogP contribution in [0.15, 0.2) is 35.2 Å². The van der Waals surface area contributed by atoms with Crippen LogP contribution in [-0.2, 0) is 10.0 Å². The smallest absolute Gasteiger partial charge is 0.388 e. The van der Waals surface area contributed by atoms with Gasteiger partial charge in [-0.3, -0.25) is 4.90 Å². The van der Waals surface area contributed by atoms with Gasteiger partial charge in [0.05, 0.1) is 11.6 Å². The number of aromatic carboxylic acids is 1. The molecule has 2 amide bonds. The molecule has 0 aliphatic heterocycles. The van der Waals surface area contributed by atoms with Crippen molar-refractivity contribution in [3.63, 3.8) is 0 Å². The maximum Gasteiger partial charge on any atom is 0.388 e. The standard InChI is InChI=1S/C15H12F4N4O7S/c1-23(14-20-9(29-12(16)17)6-10(21-14)30-13(18)19)15(26)22-31(27,28)8-5-3-2-4-7(8)11(24)25/h2-6,12-13H,1H3,(H,22,26)(H,24,25). The number of carbonyl (C=O) groups is 2.